The lowest BCUT2D eigenvalue weighted by Gasteiger charge is -2.07. The van der Waals surface area contributed by atoms with Gasteiger partial charge in [-0.1, -0.05) is 36.5 Å². The van der Waals surface area contributed by atoms with Crippen LogP contribution in [0.4, 0.5) is 0 Å². The summed E-state index contributed by atoms with van der Waals surface area (Å²) in [6.45, 7) is 2.38. The van der Waals surface area contributed by atoms with Gasteiger partial charge in [0.25, 0.3) is 0 Å². The molecule has 88 valence electrons. The van der Waals surface area contributed by atoms with Gasteiger partial charge < -0.3 is 9.84 Å². The molecule has 0 saturated heterocycles. The molecule has 0 saturated carbocycles. The number of aromatic hydroxyl groups is 1. The second kappa shape index (κ2) is 6.66. The Balaban J connectivity index is 2.67. The molecule has 0 bridgehead atoms. The molecular weight excluding hydrogens is 247 g/mol. The van der Waals surface area contributed by atoms with Crippen molar-refractivity contribution in [3.05, 3.63) is 34.3 Å². The van der Waals surface area contributed by atoms with Gasteiger partial charge in [-0.2, -0.15) is 0 Å². The summed E-state index contributed by atoms with van der Waals surface area (Å²) in [4.78, 5) is 0. The van der Waals surface area contributed by atoms with Crippen molar-refractivity contribution < 1.29 is 9.84 Å². The highest BCUT2D eigenvalue weighted by molar-refractivity contribution is 6.55. The first-order chi connectivity index (χ1) is 7.63. The zero-order chi connectivity index (χ0) is 12.0. The van der Waals surface area contributed by atoms with E-state index in [-0.39, 0.29) is 4.49 Å². The molecule has 0 unspecified atom stereocenters. The Morgan fingerprint density at radius 2 is 2.19 bits per heavy atom. The molecule has 0 aromatic heterocycles. The van der Waals surface area contributed by atoms with Crippen molar-refractivity contribution in [2.45, 2.75) is 19.8 Å². The lowest BCUT2D eigenvalue weighted by atomic mass is 10.1. The Hall–Kier alpha value is -0.860. The maximum absolute atomic E-state index is 9.57. The highest BCUT2D eigenvalue weighted by atomic mass is 35.5. The van der Waals surface area contributed by atoms with Gasteiger partial charge in [-0.25, -0.2) is 0 Å². The summed E-state index contributed by atoms with van der Waals surface area (Å²) in [6.07, 6.45) is 3.37. The van der Waals surface area contributed by atoms with Gasteiger partial charge in [0, 0.05) is 0 Å². The van der Waals surface area contributed by atoms with Crippen LogP contribution in [0.5, 0.6) is 11.5 Å². The van der Waals surface area contributed by atoms with Crippen molar-refractivity contribution in [2.75, 3.05) is 6.61 Å². The monoisotopic (exact) mass is 260 g/mol. The largest absolute Gasteiger partial charge is 0.508 e. The molecule has 0 aliphatic rings. The van der Waals surface area contributed by atoms with Gasteiger partial charge in [0.15, 0.2) is 0 Å². The third-order valence-corrected chi connectivity index (χ3v) is 2.37. The Morgan fingerprint density at radius 1 is 1.44 bits per heavy atom. The molecule has 1 aromatic rings. The quantitative estimate of drug-likeness (QED) is 0.866. The zero-order valence-corrected chi connectivity index (χ0v) is 10.6. The maximum Gasteiger partial charge on any atom is 0.120 e. The van der Waals surface area contributed by atoms with Crippen LogP contribution in [0.3, 0.4) is 0 Å². The number of phenolic OH excluding ortho intramolecular Hbond substituents is 1. The van der Waals surface area contributed by atoms with Gasteiger partial charge in [-0.3, -0.25) is 0 Å². The third-order valence-electron chi connectivity index (χ3n) is 2.06. The van der Waals surface area contributed by atoms with Crippen molar-refractivity contribution in [3.63, 3.8) is 0 Å². The van der Waals surface area contributed by atoms with Crippen LogP contribution in [0.25, 0.3) is 0 Å². The molecule has 0 atom stereocenters. The van der Waals surface area contributed by atoms with E-state index in [1.54, 1.807) is 18.2 Å². The van der Waals surface area contributed by atoms with Crippen LogP contribution in [0.15, 0.2) is 28.8 Å². The minimum Gasteiger partial charge on any atom is -0.508 e. The summed E-state index contributed by atoms with van der Waals surface area (Å²) in [5.41, 5.74) is 0.890. The molecule has 0 fully saturated rings. The average molecular weight is 261 g/mol. The van der Waals surface area contributed by atoms with Crippen LogP contribution < -0.4 is 4.74 Å². The summed E-state index contributed by atoms with van der Waals surface area (Å²) in [5, 5.41) is 9.57. The second-order valence-corrected chi connectivity index (χ2v) is 4.35. The van der Waals surface area contributed by atoms with Crippen LogP contribution in [0, 0.1) is 0 Å². The van der Waals surface area contributed by atoms with E-state index in [1.807, 2.05) is 6.07 Å². The molecule has 4 heteroatoms. The Kier molecular flexibility index (Phi) is 5.50. The first-order valence-electron chi connectivity index (χ1n) is 5.09. The lowest BCUT2D eigenvalue weighted by Crippen LogP contribution is -1.95. The van der Waals surface area contributed by atoms with Gasteiger partial charge in [-0.15, -0.1) is 0 Å². The van der Waals surface area contributed by atoms with E-state index in [4.69, 9.17) is 27.9 Å². The minimum absolute atomic E-state index is 0.188. The van der Waals surface area contributed by atoms with E-state index in [0.29, 0.717) is 18.1 Å². The predicted octanol–water partition coefficient (Wildman–Crippen LogP) is 4.04. The number of rotatable bonds is 5. The van der Waals surface area contributed by atoms with Gasteiger partial charge in [0.2, 0.25) is 0 Å². The molecule has 0 heterocycles. The Morgan fingerprint density at radius 3 is 2.81 bits per heavy atom. The van der Waals surface area contributed by atoms with Gasteiger partial charge in [0.1, 0.15) is 22.6 Å². The summed E-state index contributed by atoms with van der Waals surface area (Å²) in [5.74, 6) is 1.01. The number of aryl methyl sites for hydroxylation is 1. The normalized spacial score (nSPS) is 9.94. The molecule has 0 radical (unpaired) electrons. The molecule has 0 amide bonds. The highest BCUT2D eigenvalue weighted by Gasteiger charge is 2.02. The van der Waals surface area contributed by atoms with E-state index in [9.17, 15) is 5.11 Å². The molecule has 1 N–H and O–H groups in total. The number of ether oxygens (including phenoxy) is 1. The van der Waals surface area contributed by atoms with Crippen molar-refractivity contribution in [1.29, 1.82) is 0 Å². The van der Waals surface area contributed by atoms with Crippen LogP contribution in [0.2, 0.25) is 0 Å². The SMILES string of the molecule is CCCc1cc(OCC=C(Cl)Cl)ccc1O. The second-order valence-electron chi connectivity index (χ2n) is 3.35. The van der Waals surface area contributed by atoms with E-state index in [2.05, 4.69) is 6.92 Å². The smallest absolute Gasteiger partial charge is 0.120 e. The molecular formula is C12H14Cl2O2. The number of hydrogen-bond donors (Lipinski definition) is 1. The first kappa shape index (κ1) is 13.2. The van der Waals surface area contributed by atoms with Crippen molar-refractivity contribution in [1.82, 2.24) is 0 Å². The average Bonchev–Trinajstić information content (AvgIpc) is 2.22. The molecule has 0 aliphatic carbocycles. The zero-order valence-electron chi connectivity index (χ0n) is 9.04. The fourth-order valence-electron chi connectivity index (χ4n) is 1.32. The van der Waals surface area contributed by atoms with Crippen molar-refractivity contribution in [3.8, 4) is 11.5 Å². The van der Waals surface area contributed by atoms with E-state index >= 15 is 0 Å². The number of halogens is 2. The number of hydrogen-bond acceptors (Lipinski definition) is 2. The molecule has 16 heavy (non-hydrogen) atoms. The molecule has 1 rings (SSSR count). The van der Waals surface area contributed by atoms with E-state index in [1.165, 1.54) is 0 Å². The number of benzene rings is 1. The number of phenols is 1. The summed E-state index contributed by atoms with van der Waals surface area (Å²) >= 11 is 10.9. The van der Waals surface area contributed by atoms with E-state index < -0.39 is 0 Å². The summed E-state index contributed by atoms with van der Waals surface area (Å²) in [7, 11) is 0. The fourth-order valence-corrected chi connectivity index (χ4v) is 1.45. The van der Waals surface area contributed by atoms with E-state index in [0.717, 1.165) is 18.4 Å². The summed E-state index contributed by atoms with van der Waals surface area (Å²) in [6, 6.07) is 5.17. The first-order valence-corrected chi connectivity index (χ1v) is 5.85. The predicted molar refractivity (Wildman–Crippen MR) is 67.4 cm³/mol. The fraction of sp³-hybridized carbons (Fsp3) is 0.333. The van der Waals surface area contributed by atoms with Gasteiger partial charge in [-0.05, 0) is 36.3 Å². The lowest BCUT2D eigenvalue weighted by molar-refractivity contribution is 0.361. The standard InChI is InChI=1S/C12H14Cl2O2/c1-2-3-9-8-10(4-5-11(9)15)16-7-6-12(13)14/h4-6,8,15H,2-3,7H2,1H3. The van der Waals surface area contributed by atoms with Gasteiger partial charge >= 0.3 is 0 Å². The van der Waals surface area contributed by atoms with Gasteiger partial charge in [0.05, 0.1) is 0 Å². The maximum atomic E-state index is 9.57. The molecule has 0 spiro atoms. The highest BCUT2D eigenvalue weighted by Crippen LogP contribution is 2.24. The topological polar surface area (TPSA) is 29.5 Å². The van der Waals surface area contributed by atoms with Crippen LogP contribution >= 0.6 is 23.2 Å². The van der Waals surface area contributed by atoms with Crippen LogP contribution in [0.1, 0.15) is 18.9 Å². The van der Waals surface area contributed by atoms with Crippen LogP contribution in [-0.2, 0) is 6.42 Å². The Bertz CT molecular complexity index is 371. The van der Waals surface area contributed by atoms with Crippen molar-refractivity contribution >= 4 is 23.2 Å². The minimum atomic E-state index is 0.188. The third kappa shape index (κ3) is 4.33. The molecule has 2 nitrogen and oxygen atoms in total. The van der Waals surface area contributed by atoms with Crippen molar-refractivity contribution in [2.24, 2.45) is 0 Å². The molecule has 1 aromatic carbocycles. The Labute approximate surface area is 105 Å². The summed E-state index contributed by atoms with van der Waals surface area (Å²) < 4.78 is 5.59. The van der Waals surface area contributed by atoms with Crippen LogP contribution in [-0.4, -0.2) is 11.7 Å². The molecule has 0 aliphatic heterocycles.